The molecule has 2 aliphatic rings. The zero-order chi connectivity index (χ0) is 24.9. The molecule has 2 aromatic rings. The number of nitrogens with zero attached hydrogens (tertiary/aromatic N) is 4. The Bertz CT molecular complexity index is 929. The van der Waals surface area contributed by atoms with E-state index >= 15 is 0 Å². The lowest BCUT2D eigenvalue weighted by Crippen LogP contribution is -2.45. The van der Waals surface area contributed by atoms with Crippen molar-refractivity contribution < 1.29 is 18.7 Å². The van der Waals surface area contributed by atoms with Gasteiger partial charge in [0.25, 0.3) is 0 Å². The minimum Gasteiger partial charge on any atom is -0.343 e. The first-order chi connectivity index (χ1) is 16.9. The van der Waals surface area contributed by atoms with Crippen molar-refractivity contribution in [1.82, 2.24) is 19.8 Å². The summed E-state index contributed by atoms with van der Waals surface area (Å²) in [4.78, 5) is 25.6. The number of aromatic nitrogens is 4. The molecule has 0 radical (unpaired) electrons. The largest absolute Gasteiger partial charge is 0.347 e. The molecule has 2 fully saturated rings. The molecule has 0 aliphatic heterocycles. The van der Waals surface area contributed by atoms with Gasteiger partial charge in [-0.2, -0.15) is 0 Å². The van der Waals surface area contributed by atoms with Gasteiger partial charge in [0.05, 0.1) is 27.2 Å². The van der Waals surface area contributed by atoms with E-state index in [4.69, 9.17) is 0 Å². The number of hydrogen-bond donors (Lipinski definition) is 2. The van der Waals surface area contributed by atoms with Gasteiger partial charge in [0.15, 0.2) is 0 Å². The normalized spacial score (nSPS) is 24.8. The second-order valence-electron chi connectivity index (χ2n) is 10.7. The zero-order valence-corrected chi connectivity index (χ0v) is 22.0. The molecule has 0 spiro atoms. The van der Waals surface area contributed by atoms with Crippen molar-refractivity contribution in [3.63, 3.8) is 0 Å². The highest BCUT2D eigenvalue weighted by atomic mass is 16.2. The molecule has 0 aromatic carbocycles. The van der Waals surface area contributed by atoms with Gasteiger partial charge in [-0.1, -0.05) is 0 Å². The quantitative estimate of drug-likeness (QED) is 0.565. The molecular formula is C27H44N6O2+2. The molecule has 2 aliphatic carbocycles. The van der Waals surface area contributed by atoms with Crippen molar-refractivity contribution in [2.45, 2.75) is 96.8 Å². The highest BCUT2D eigenvalue weighted by Crippen LogP contribution is 2.35. The molecule has 8 nitrogen and oxygen atoms in total. The van der Waals surface area contributed by atoms with Crippen molar-refractivity contribution in [1.29, 1.82) is 0 Å². The Hall–Kier alpha value is -2.64. The van der Waals surface area contributed by atoms with Gasteiger partial charge in [0.1, 0.15) is 24.8 Å². The molecule has 4 rings (SSSR count). The summed E-state index contributed by atoms with van der Waals surface area (Å²) in [6.07, 6.45) is 18.2. The number of carbonyl (C=O) groups excluding carboxylic acids is 2. The predicted octanol–water partition coefficient (Wildman–Crippen LogP) is 2.65. The van der Waals surface area contributed by atoms with Gasteiger partial charge in [-0.05, 0) is 83.5 Å². The van der Waals surface area contributed by atoms with Crippen LogP contribution in [0.4, 0.5) is 0 Å². The van der Waals surface area contributed by atoms with Crippen LogP contribution in [0.3, 0.4) is 0 Å². The molecule has 2 amide bonds. The minimum atomic E-state index is 0.0444. The number of imidazole rings is 2. The Labute approximate surface area is 209 Å². The maximum atomic E-state index is 12.8. The Balaban J connectivity index is 1.18. The van der Waals surface area contributed by atoms with Gasteiger partial charge in [0, 0.05) is 12.1 Å². The Morgan fingerprint density at radius 3 is 1.46 bits per heavy atom. The van der Waals surface area contributed by atoms with E-state index in [9.17, 15) is 9.59 Å². The summed E-state index contributed by atoms with van der Waals surface area (Å²) in [7, 11) is 3.86. The summed E-state index contributed by atoms with van der Waals surface area (Å²) in [5.41, 5.74) is 0. The van der Waals surface area contributed by atoms with Crippen LogP contribution < -0.4 is 19.8 Å². The highest BCUT2D eigenvalue weighted by Gasteiger charge is 2.31. The lowest BCUT2D eigenvalue weighted by Gasteiger charge is -2.34. The van der Waals surface area contributed by atoms with Crippen LogP contribution in [0.15, 0.2) is 24.8 Å². The molecule has 2 heterocycles. The number of hydrogen-bond acceptors (Lipinski definition) is 2. The molecule has 35 heavy (non-hydrogen) atoms. The monoisotopic (exact) mass is 484 g/mol. The Morgan fingerprint density at radius 2 is 1.11 bits per heavy atom. The average molecular weight is 485 g/mol. The third-order valence-electron chi connectivity index (χ3n) is 8.27. The lowest BCUT2D eigenvalue weighted by molar-refractivity contribution is -0.673. The van der Waals surface area contributed by atoms with Crippen molar-refractivity contribution in [2.75, 3.05) is 0 Å². The number of aryl methyl sites for hydroxylation is 4. The molecule has 8 heteroatoms. The lowest BCUT2D eigenvalue weighted by atomic mass is 9.75. The van der Waals surface area contributed by atoms with Crippen molar-refractivity contribution in [2.24, 2.45) is 25.9 Å². The fraction of sp³-hybridized carbons (Fsp3) is 0.704. The summed E-state index contributed by atoms with van der Waals surface area (Å²) in [6, 6.07) is 0.571. The molecule has 2 aromatic heterocycles. The smallest absolute Gasteiger partial charge is 0.343 e. The van der Waals surface area contributed by atoms with Gasteiger partial charge in [-0.15, -0.1) is 0 Å². The number of amides is 2. The standard InChI is InChI=1S/C27H42N6O2/c1-5-32-17-15-30(3)26(32)24(34)28-22-11-7-20(8-12-22)19-21-9-13-23(14-10-21)29-25(35)27-31(4)16-18-33(27)6-2/h15-18,20-23H,5-14,19H2,1-4H3/p+2. The molecule has 192 valence electrons. The third kappa shape index (κ3) is 5.96. The molecule has 2 N–H and O–H groups in total. The first-order valence-electron chi connectivity index (χ1n) is 13.6. The van der Waals surface area contributed by atoms with E-state index in [-0.39, 0.29) is 23.9 Å². The van der Waals surface area contributed by atoms with E-state index < -0.39 is 0 Å². The summed E-state index contributed by atoms with van der Waals surface area (Å²) >= 11 is 0. The van der Waals surface area contributed by atoms with Gasteiger partial charge >= 0.3 is 23.5 Å². The first kappa shape index (κ1) is 25.5. The first-order valence-corrected chi connectivity index (χ1v) is 13.6. The van der Waals surface area contributed by atoms with Crippen LogP contribution in [0.25, 0.3) is 0 Å². The fourth-order valence-electron chi connectivity index (χ4n) is 6.20. The number of nitrogens with one attached hydrogen (secondary N) is 2. The topological polar surface area (TPSA) is 75.8 Å². The average Bonchev–Trinajstić information content (AvgIpc) is 3.43. The number of rotatable bonds is 8. The molecule has 0 saturated heterocycles. The summed E-state index contributed by atoms with van der Waals surface area (Å²) in [6.45, 7) is 5.72. The second kappa shape index (κ2) is 11.4. The minimum absolute atomic E-state index is 0.0444. The van der Waals surface area contributed by atoms with Gasteiger partial charge in [-0.3, -0.25) is 9.59 Å². The van der Waals surface area contributed by atoms with E-state index in [0.717, 1.165) is 62.3 Å². The molecule has 2 saturated carbocycles. The van der Waals surface area contributed by atoms with Crippen LogP contribution in [-0.4, -0.2) is 33.0 Å². The van der Waals surface area contributed by atoms with Crippen molar-refractivity contribution in [3.8, 4) is 0 Å². The summed E-state index contributed by atoms with van der Waals surface area (Å²) < 4.78 is 7.82. The number of carbonyl (C=O) groups is 2. The van der Waals surface area contributed by atoms with E-state index in [1.807, 2.05) is 57.2 Å². The van der Waals surface area contributed by atoms with E-state index in [0.29, 0.717) is 0 Å². The van der Waals surface area contributed by atoms with Gasteiger partial charge < -0.3 is 10.6 Å². The Kier molecular flexibility index (Phi) is 8.29. The summed E-state index contributed by atoms with van der Waals surface area (Å²) in [5, 5.41) is 6.57. The van der Waals surface area contributed by atoms with Crippen LogP contribution in [-0.2, 0) is 27.2 Å². The van der Waals surface area contributed by atoms with E-state index in [1.165, 1.54) is 32.1 Å². The van der Waals surface area contributed by atoms with Crippen LogP contribution in [0.5, 0.6) is 0 Å². The molecule has 0 bridgehead atoms. The van der Waals surface area contributed by atoms with Crippen LogP contribution >= 0.6 is 0 Å². The third-order valence-corrected chi connectivity index (χ3v) is 8.27. The van der Waals surface area contributed by atoms with Crippen molar-refractivity contribution >= 4 is 11.8 Å². The molecular weight excluding hydrogens is 440 g/mol. The van der Waals surface area contributed by atoms with Crippen LogP contribution in [0.2, 0.25) is 0 Å². The van der Waals surface area contributed by atoms with Crippen molar-refractivity contribution in [3.05, 3.63) is 36.4 Å². The van der Waals surface area contributed by atoms with Gasteiger partial charge in [0.2, 0.25) is 0 Å². The van der Waals surface area contributed by atoms with Crippen LogP contribution in [0, 0.1) is 11.8 Å². The summed E-state index contributed by atoms with van der Waals surface area (Å²) in [5.74, 6) is 3.08. The fourth-order valence-corrected chi connectivity index (χ4v) is 6.20. The predicted molar refractivity (Wildman–Crippen MR) is 134 cm³/mol. The van der Waals surface area contributed by atoms with E-state index in [1.54, 1.807) is 0 Å². The van der Waals surface area contributed by atoms with Gasteiger partial charge in [-0.25, -0.2) is 18.3 Å². The maximum absolute atomic E-state index is 12.8. The highest BCUT2D eigenvalue weighted by molar-refractivity contribution is 5.90. The maximum Gasteiger partial charge on any atom is 0.347 e. The van der Waals surface area contributed by atoms with Crippen LogP contribution in [0.1, 0.15) is 92.9 Å². The second-order valence-corrected chi connectivity index (χ2v) is 10.7. The van der Waals surface area contributed by atoms with E-state index in [2.05, 4.69) is 24.5 Å². The zero-order valence-electron chi connectivity index (χ0n) is 22.0. The SMILES string of the molecule is CCn1cc[n+](C)c1C(=O)NC1CCC(CC2CCC(NC(=O)c3n(CC)cc[n+]3C)CC2)CC1. The Morgan fingerprint density at radius 1 is 0.743 bits per heavy atom. The molecule has 0 unspecified atom stereocenters. The molecule has 0 atom stereocenters.